The first-order valence-corrected chi connectivity index (χ1v) is 15.7. The van der Waals surface area contributed by atoms with E-state index in [2.05, 4.69) is 21.2 Å². The topological polar surface area (TPSA) is 163 Å². The molecule has 246 valence electrons. The highest BCUT2D eigenvalue weighted by molar-refractivity contribution is 9.10. The van der Waals surface area contributed by atoms with Crippen molar-refractivity contribution >= 4 is 44.7 Å². The number of fused-ring (bicyclic) bond motifs is 5. The van der Waals surface area contributed by atoms with Crippen LogP contribution in [0.1, 0.15) is 39.7 Å². The number of nitrogens with one attached hydrogen (secondary N) is 1. The van der Waals surface area contributed by atoms with Crippen molar-refractivity contribution in [3.05, 3.63) is 80.0 Å². The molecule has 2 bridgehead atoms. The van der Waals surface area contributed by atoms with Gasteiger partial charge < -0.3 is 34.8 Å². The molecular formula is C34H40BrN3O8. The highest BCUT2D eigenvalue weighted by Crippen LogP contribution is 2.33. The molecule has 12 heteroatoms. The van der Waals surface area contributed by atoms with Gasteiger partial charge in [-0.25, -0.2) is 9.78 Å². The molecule has 2 amide bonds. The minimum atomic E-state index is -0.987. The molecule has 4 N–H and O–H groups in total. The third kappa shape index (κ3) is 8.11. The van der Waals surface area contributed by atoms with Crippen LogP contribution >= 0.6 is 15.9 Å². The van der Waals surface area contributed by atoms with Crippen molar-refractivity contribution in [1.29, 1.82) is 0 Å². The molecule has 2 aliphatic heterocycles. The summed E-state index contributed by atoms with van der Waals surface area (Å²) in [4.78, 5) is 43.7. The lowest BCUT2D eigenvalue weighted by molar-refractivity contribution is -0.112. The average molecular weight is 699 g/mol. The van der Waals surface area contributed by atoms with E-state index in [0.717, 1.165) is 4.47 Å². The van der Waals surface area contributed by atoms with Crippen molar-refractivity contribution < 1.29 is 33.3 Å². The van der Waals surface area contributed by atoms with Crippen molar-refractivity contribution in [1.82, 2.24) is 4.98 Å². The first kappa shape index (κ1) is 35.0. The number of aliphatic hydroxyl groups excluding tert-OH is 1. The summed E-state index contributed by atoms with van der Waals surface area (Å²) in [6, 6.07) is 6.94. The normalized spacial score (nSPS) is 28.1. The van der Waals surface area contributed by atoms with E-state index in [1.807, 2.05) is 19.9 Å². The Hall–Kier alpha value is -3.84. The third-order valence-electron chi connectivity index (χ3n) is 8.13. The third-order valence-corrected chi connectivity index (χ3v) is 8.63. The maximum Gasteiger partial charge on any atom is 0.405 e. The van der Waals surface area contributed by atoms with Gasteiger partial charge in [0.2, 0.25) is 5.43 Å². The van der Waals surface area contributed by atoms with Gasteiger partial charge in [-0.2, -0.15) is 0 Å². The lowest BCUT2D eigenvalue weighted by Gasteiger charge is -2.29. The number of carbonyl (C=O) groups is 2. The number of ether oxygens (including phenoxy) is 3. The van der Waals surface area contributed by atoms with Crippen LogP contribution in [0.4, 0.5) is 10.5 Å². The van der Waals surface area contributed by atoms with Crippen LogP contribution < -0.4 is 16.5 Å². The molecule has 2 heterocycles. The zero-order valence-electron chi connectivity index (χ0n) is 26.7. The Kier molecular flexibility index (Phi) is 11.5. The monoisotopic (exact) mass is 697 g/mol. The molecule has 0 spiro atoms. The number of primary amides is 1. The summed E-state index contributed by atoms with van der Waals surface area (Å²) in [6.07, 6.45) is 3.03. The number of halogens is 1. The van der Waals surface area contributed by atoms with Crippen molar-refractivity contribution in [3.63, 3.8) is 0 Å². The standard InChI is InChI=1S/C34H40BrN3O8/c1-17-12-22-30(40)24(16-25-32(22)45-27-15-21(35)10-11-23(27)37-25)38-33(41)18(2)8-7-9-26(43-5)31(46-34(36)42)20(4)14-19(3)29(39)28(13-17)44-6/h7-11,14-17,19,26,28-29,31,39H,12-13H2,1-6H3,(H2,36,42)(H,38,41)/b9-7-,18-8-,20-14-/t17-,19+,26+,28-,29+,31-/m1/s1. The highest BCUT2D eigenvalue weighted by atomic mass is 79.9. The predicted octanol–water partition coefficient (Wildman–Crippen LogP) is 5.52. The number of anilines is 1. The molecule has 0 unspecified atom stereocenters. The fourth-order valence-corrected chi connectivity index (χ4v) is 6.01. The number of allylic oxidation sites excluding steroid dienone is 2. The fraction of sp³-hybridized carbons (Fsp3) is 0.412. The number of aromatic nitrogens is 1. The highest BCUT2D eigenvalue weighted by Gasteiger charge is 2.30. The number of benzene rings is 2. The largest absolute Gasteiger partial charge is 0.452 e. The van der Waals surface area contributed by atoms with Crippen molar-refractivity contribution in [2.75, 3.05) is 19.5 Å². The van der Waals surface area contributed by atoms with Gasteiger partial charge in [0.05, 0.1) is 17.9 Å². The van der Waals surface area contributed by atoms with E-state index in [4.69, 9.17) is 29.3 Å². The molecule has 0 aromatic heterocycles. The molecule has 0 fully saturated rings. The maximum atomic E-state index is 13.9. The van der Waals surface area contributed by atoms with Crippen molar-refractivity contribution in [2.24, 2.45) is 17.6 Å². The Labute approximate surface area is 276 Å². The van der Waals surface area contributed by atoms with Crippen LogP contribution in [0.15, 0.2) is 73.4 Å². The Morgan fingerprint density at radius 3 is 2.57 bits per heavy atom. The van der Waals surface area contributed by atoms with Crippen LogP contribution in [-0.2, 0) is 25.4 Å². The first-order valence-electron chi connectivity index (χ1n) is 14.9. The van der Waals surface area contributed by atoms with Crippen molar-refractivity contribution in [3.8, 4) is 11.5 Å². The van der Waals surface area contributed by atoms with E-state index in [-0.39, 0.29) is 23.5 Å². The van der Waals surface area contributed by atoms with Crippen LogP contribution in [0.5, 0.6) is 0 Å². The van der Waals surface area contributed by atoms with Gasteiger partial charge in [-0.3, -0.25) is 9.59 Å². The Morgan fingerprint density at radius 2 is 1.89 bits per heavy atom. The molecule has 46 heavy (non-hydrogen) atoms. The van der Waals surface area contributed by atoms with E-state index in [1.54, 1.807) is 50.3 Å². The molecule has 4 rings (SSSR count). The second kappa shape index (κ2) is 15.2. The van der Waals surface area contributed by atoms with Gasteiger partial charge in [0.15, 0.2) is 17.4 Å². The average Bonchev–Trinajstić information content (AvgIpc) is 3.01. The first-order chi connectivity index (χ1) is 21.8. The second-order valence-corrected chi connectivity index (χ2v) is 12.6. The number of aliphatic hydroxyl groups is 1. The number of rotatable bonds is 3. The number of hydrogen-bond donors (Lipinski definition) is 3. The van der Waals surface area contributed by atoms with E-state index in [1.165, 1.54) is 20.3 Å². The molecule has 3 aliphatic rings. The quantitative estimate of drug-likeness (QED) is 0.236. The molecule has 6 atom stereocenters. The number of hydrogen-bond acceptors (Lipinski definition) is 9. The summed E-state index contributed by atoms with van der Waals surface area (Å²) in [7, 11) is 2.97. The van der Waals surface area contributed by atoms with Gasteiger partial charge >= 0.3 is 6.09 Å². The van der Waals surface area contributed by atoms with Crippen LogP contribution in [0.25, 0.3) is 22.6 Å². The molecular weight excluding hydrogens is 658 g/mol. The molecule has 0 saturated carbocycles. The smallest absolute Gasteiger partial charge is 0.405 e. The zero-order valence-corrected chi connectivity index (χ0v) is 28.3. The SMILES string of the molecule is CO[C@H]1/C=C\C=C(\C)C(=O)Nc2cc3nc4ccc(Br)cc4oc-3c(c2=O)C[C@@H](C)C[C@@H](OC)[C@@H](O)[C@@H](C)/C=C(/C)[C@H]1OC(N)=O. The minimum absolute atomic E-state index is 0.0648. The number of nitrogens with zero attached hydrogens (tertiary/aromatic N) is 1. The second-order valence-electron chi connectivity index (χ2n) is 11.7. The van der Waals surface area contributed by atoms with Crippen molar-refractivity contribution in [2.45, 2.75) is 65.0 Å². The van der Waals surface area contributed by atoms with Gasteiger partial charge in [0.25, 0.3) is 5.91 Å². The molecule has 11 nitrogen and oxygen atoms in total. The molecule has 0 radical (unpaired) electrons. The Morgan fingerprint density at radius 1 is 1.15 bits per heavy atom. The lowest BCUT2D eigenvalue weighted by Crippen LogP contribution is -2.37. The van der Waals surface area contributed by atoms with Crippen LogP contribution in [0.2, 0.25) is 0 Å². The number of carbonyl (C=O) groups excluding carboxylic acids is 2. The van der Waals surface area contributed by atoms with E-state index >= 15 is 0 Å². The fourth-order valence-electron chi connectivity index (χ4n) is 5.67. The van der Waals surface area contributed by atoms with Crippen LogP contribution in [0, 0.1) is 11.8 Å². The van der Waals surface area contributed by atoms with E-state index < -0.39 is 42.3 Å². The summed E-state index contributed by atoms with van der Waals surface area (Å²) in [5, 5.41) is 14.1. The van der Waals surface area contributed by atoms with Gasteiger partial charge in [-0.05, 0) is 62.4 Å². The van der Waals surface area contributed by atoms with E-state index in [9.17, 15) is 19.5 Å². The predicted molar refractivity (Wildman–Crippen MR) is 179 cm³/mol. The molecule has 0 saturated heterocycles. The van der Waals surface area contributed by atoms with Crippen LogP contribution in [0.3, 0.4) is 0 Å². The maximum absolute atomic E-state index is 13.9. The zero-order chi connectivity index (χ0) is 33.7. The Balaban J connectivity index is 1.86. The number of methoxy groups -OCH3 is 2. The summed E-state index contributed by atoms with van der Waals surface area (Å²) < 4.78 is 23.8. The van der Waals surface area contributed by atoms with Crippen LogP contribution in [-0.4, -0.2) is 60.7 Å². The van der Waals surface area contributed by atoms with E-state index in [0.29, 0.717) is 45.7 Å². The summed E-state index contributed by atoms with van der Waals surface area (Å²) >= 11 is 3.46. The van der Waals surface area contributed by atoms with Gasteiger partial charge in [-0.1, -0.05) is 54.1 Å². The minimum Gasteiger partial charge on any atom is -0.452 e. The van der Waals surface area contributed by atoms with Gasteiger partial charge in [0.1, 0.15) is 17.3 Å². The summed E-state index contributed by atoms with van der Waals surface area (Å²) in [5.41, 5.74) is 7.83. The molecule has 1 aromatic carbocycles. The Bertz CT molecular complexity index is 1710. The van der Waals surface area contributed by atoms with Gasteiger partial charge in [0, 0.05) is 35.7 Å². The lowest BCUT2D eigenvalue weighted by atomic mass is 9.87. The number of nitrogens with two attached hydrogens (primary N) is 1. The summed E-state index contributed by atoms with van der Waals surface area (Å²) in [6.45, 7) is 7.14. The summed E-state index contributed by atoms with van der Waals surface area (Å²) in [5.74, 6) is -0.754. The van der Waals surface area contributed by atoms with Gasteiger partial charge in [-0.15, -0.1) is 0 Å². The molecule has 1 aromatic rings. The number of amides is 2. The molecule has 1 aliphatic carbocycles.